The quantitative estimate of drug-likeness (QED) is 0.545. The minimum atomic E-state index is 0.574. The Bertz CT molecular complexity index is 938. The van der Waals surface area contributed by atoms with Gasteiger partial charge in [0.05, 0.1) is 23.3 Å². The smallest absolute Gasteiger partial charge is 0.174 e. The van der Waals surface area contributed by atoms with Crippen LogP contribution in [0, 0.1) is 0 Å². The van der Waals surface area contributed by atoms with E-state index in [-0.39, 0.29) is 0 Å². The predicted molar refractivity (Wildman–Crippen MR) is 116 cm³/mol. The first-order valence-electron chi connectivity index (χ1n) is 8.47. The molecule has 0 saturated heterocycles. The Labute approximate surface area is 177 Å². The van der Waals surface area contributed by atoms with Gasteiger partial charge in [0.2, 0.25) is 0 Å². The van der Waals surface area contributed by atoms with Gasteiger partial charge in [-0.2, -0.15) is 10.2 Å². The molecule has 0 radical (unpaired) electrons. The van der Waals surface area contributed by atoms with Crippen LogP contribution in [0.25, 0.3) is 0 Å². The SMILES string of the molecule is CCn1ccc(CN(C)C(=S)Nc2nn(Cc3ccccc3Cl)cc2Br)n1. The topological polar surface area (TPSA) is 50.9 Å². The second-order valence-electron chi connectivity index (χ2n) is 6.06. The molecule has 0 bridgehead atoms. The van der Waals surface area contributed by atoms with E-state index in [1.807, 2.05) is 64.0 Å². The maximum atomic E-state index is 6.23. The van der Waals surface area contributed by atoms with Crippen molar-refractivity contribution in [2.75, 3.05) is 12.4 Å². The third kappa shape index (κ3) is 5.09. The Morgan fingerprint density at radius 2 is 2.04 bits per heavy atom. The van der Waals surface area contributed by atoms with Crippen LogP contribution in [0.5, 0.6) is 0 Å². The monoisotopic (exact) mass is 466 g/mol. The Hall–Kier alpha value is -1.90. The van der Waals surface area contributed by atoms with Crippen LogP contribution in [0.1, 0.15) is 18.2 Å². The number of anilines is 1. The van der Waals surface area contributed by atoms with Crippen LogP contribution in [0.4, 0.5) is 5.82 Å². The number of thiocarbonyl (C=S) groups is 1. The summed E-state index contributed by atoms with van der Waals surface area (Å²) in [5, 5.41) is 13.5. The van der Waals surface area contributed by atoms with Crippen LogP contribution in [0.15, 0.2) is 47.2 Å². The molecule has 0 fully saturated rings. The minimum absolute atomic E-state index is 0.574. The van der Waals surface area contributed by atoms with Crippen LogP contribution < -0.4 is 5.32 Å². The van der Waals surface area contributed by atoms with Gasteiger partial charge in [-0.05, 0) is 52.8 Å². The first-order chi connectivity index (χ1) is 13.0. The zero-order chi connectivity index (χ0) is 19.4. The predicted octanol–water partition coefficient (Wildman–Crippen LogP) is 4.39. The number of aryl methyl sites for hydroxylation is 1. The molecule has 3 rings (SSSR count). The number of hydrogen-bond acceptors (Lipinski definition) is 3. The maximum absolute atomic E-state index is 6.23. The van der Waals surface area contributed by atoms with E-state index in [2.05, 4.69) is 38.4 Å². The van der Waals surface area contributed by atoms with Crippen molar-refractivity contribution in [3.05, 3.63) is 63.5 Å². The fourth-order valence-electron chi connectivity index (χ4n) is 2.54. The van der Waals surface area contributed by atoms with E-state index in [0.717, 1.165) is 27.3 Å². The van der Waals surface area contributed by atoms with Gasteiger partial charge in [-0.15, -0.1) is 0 Å². The van der Waals surface area contributed by atoms with Crippen LogP contribution in [-0.2, 0) is 19.6 Å². The molecule has 1 N–H and O–H groups in total. The van der Waals surface area contributed by atoms with Gasteiger partial charge in [0.15, 0.2) is 10.9 Å². The molecule has 0 saturated carbocycles. The van der Waals surface area contributed by atoms with E-state index in [1.54, 1.807) is 0 Å². The third-order valence-corrected chi connectivity index (χ3v) is 5.36. The number of nitrogens with zero attached hydrogens (tertiary/aromatic N) is 5. The fourth-order valence-corrected chi connectivity index (χ4v) is 3.31. The van der Waals surface area contributed by atoms with E-state index < -0.39 is 0 Å². The Kier molecular flexibility index (Phi) is 6.51. The first-order valence-corrected chi connectivity index (χ1v) is 10.0. The van der Waals surface area contributed by atoms with Crippen molar-refractivity contribution in [2.45, 2.75) is 26.6 Å². The Morgan fingerprint density at radius 3 is 2.74 bits per heavy atom. The lowest BCUT2D eigenvalue weighted by molar-refractivity contribution is 0.491. The molecule has 0 unspecified atom stereocenters. The summed E-state index contributed by atoms with van der Waals surface area (Å²) < 4.78 is 4.55. The van der Waals surface area contributed by atoms with E-state index >= 15 is 0 Å². The summed E-state index contributed by atoms with van der Waals surface area (Å²) in [7, 11) is 1.93. The molecule has 2 aromatic heterocycles. The average molecular weight is 468 g/mol. The van der Waals surface area contributed by atoms with Gasteiger partial charge < -0.3 is 10.2 Å². The van der Waals surface area contributed by atoms with Gasteiger partial charge in [-0.1, -0.05) is 29.8 Å². The lowest BCUT2D eigenvalue weighted by Gasteiger charge is -2.19. The third-order valence-electron chi connectivity index (χ3n) is 4.00. The summed E-state index contributed by atoms with van der Waals surface area (Å²) in [6, 6.07) is 9.73. The van der Waals surface area contributed by atoms with Crippen molar-refractivity contribution in [1.82, 2.24) is 24.5 Å². The van der Waals surface area contributed by atoms with Crippen LogP contribution in [0.3, 0.4) is 0 Å². The van der Waals surface area contributed by atoms with Crippen molar-refractivity contribution in [2.24, 2.45) is 0 Å². The van der Waals surface area contributed by atoms with Crippen molar-refractivity contribution < 1.29 is 0 Å². The fraction of sp³-hybridized carbons (Fsp3) is 0.278. The van der Waals surface area contributed by atoms with E-state index in [1.165, 1.54) is 0 Å². The zero-order valence-electron chi connectivity index (χ0n) is 15.1. The summed E-state index contributed by atoms with van der Waals surface area (Å²) in [5.74, 6) is 0.665. The molecular weight excluding hydrogens is 448 g/mol. The first kappa shape index (κ1) is 19.9. The summed E-state index contributed by atoms with van der Waals surface area (Å²) in [4.78, 5) is 1.93. The molecular formula is C18H20BrClN6S. The lowest BCUT2D eigenvalue weighted by Crippen LogP contribution is -2.31. The second-order valence-corrected chi connectivity index (χ2v) is 7.71. The normalized spacial score (nSPS) is 10.8. The highest BCUT2D eigenvalue weighted by Gasteiger charge is 2.13. The van der Waals surface area contributed by atoms with Crippen LogP contribution >= 0.6 is 39.7 Å². The van der Waals surface area contributed by atoms with Gasteiger partial charge >= 0.3 is 0 Å². The van der Waals surface area contributed by atoms with Crippen molar-refractivity contribution >= 4 is 50.7 Å². The molecule has 0 aliphatic heterocycles. The van der Waals surface area contributed by atoms with Gasteiger partial charge in [-0.3, -0.25) is 9.36 Å². The highest BCUT2D eigenvalue weighted by Crippen LogP contribution is 2.23. The number of halogens is 2. The summed E-state index contributed by atoms with van der Waals surface area (Å²) in [6.45, 7) is 4.11. The standard InChI is InChI=1S/C18H20BrClN6S/c1-3-25-9-8-14(22-25)11-24(2)18(27)21-17-15(19)12-26(23-17)10-13-6-4-5-7-16(13)20/h4-9,12H,3,10-11H2,1-2H3,(H,21,23,27). The van der Waals surface area contributed by atoms with Crippen molar-refractivity contribution in [3.63, 3.8) is 0 Å². The number of aromatic nitrogens is 4. The summed E-state index contributed by atoms with van der Waals surface area (Å²) in [6.07, 6.45) is 3.86. The van der Waals surface area contributed by atoms with E-state index in [0.29, 0.717) is 24.0 Å². The lowest BCUT2D eigenvalue weighted by atomic mass is 10.2. The second kappa shape index (κ2) is 8.86. The van der Waals surface area contributed by atoms with Gasteiger partial charge in [0, 0.05) is 31.0 Å². The Balaban J connectivity index is 1.63. The molecule has 0 amide bonds. The Morgan fingerprint density at radius 1 is 1.26 bits per heavy atom. The molecule has 1 aromatic carbocycles. The minimum Gasteiger partial charge on any atom is -0.346 e. The molecule has 0 aliphatic rings. The number of nitrogens with one attached hydrogen (secondary N) is 1. The molecule has 3 aromatic rings. The van der Waals surface area contributed by atoms with Crippen molar-refractivity contribution in [3.8, 4) is 0 Å². The summed E-state index contributed by atoms with van der Waals surface area (Å²) >= 11 is 15.3. The van der Waals surface area contributed by atoms with E-state index in [9.17, 15) is 0 Å². The largest absolute Gasteiger partial charge is 0.346 e. The molecule has 27 heavy (non-hydrogen) atoms. The zero-order valence-corrected chi connectivity index (χ0v) is 18.2. The van der Waals surface area contributed by atoms with Crippen LogP contribution in [-0.4, -0.2) is 36.6 Å². The molecule has 6 nitrogen and oxygen atoms in total. The van der Waals surface area contributed by atoms with Crippen molar-refractivity contribution in [1.29, 1.82) is 0 Å². The molecule has 142 valence electrons. The highest BCUT2D eigenvalue weighted by molar-refractivity contribution is 9.10. The van der Waals surface area contributed by atoms with Gasteiger partial charge in [0.25, 0.3) is 0 Å². The van der Waals surface area contributed by atoms with Gasteiger partial charge in [0.1, 0.15) is 0 Å². The highest BCUT2D eigenvalue weighted by atomic mass is 79.9. The summed E-state index contributed by atoms with van der Waals surface area (Å²) in [5.41, 5.74) is 1.97. The number of hydrogen-bond donors (Lipinski definition) is 1. The number of benzene rings is 1. The van der Waals surface area contributed by atoms with Gasteiger partial charge in [-0.25, -0.2) is 0 Å². The van der Waals surface area contributed by atoms with Crippen LogP contribution in [0.2, 0.25) is 5.02 Å². The maximum Gasteiger partial charge on any atom is 0.174 e. The molecule has 2 heterocycles. The molecule has 0 atom stereocenters. The number of rotatable bonds is 6. The average Bonchev–Trinajstić information content (AvgIpc) is 3.23. The molecule has 0 spiro atoms. The molecule has 9 heteroatoms. The molecule has 0 aliphatic carbocycles. The van der Waals surface area contributed by atoms with E-state index in [4.69, 9.17) is 23.8 Å².